The van der Waals surface area contributed by atoms with Gasteiger partial charge in [0.05, 0.1) is 6.61 Å². The number of alkyl halides is 2. The van der Waals surface area contributed by atoms with E-state index in [0.717, 1.165) is 5.56 Å². The van der Waals surface area contributed by atoms with Crippen LogP contribution in [0.1, 0.15) is 11.1 Å². The van der Waals surface area contributed by atoms with Crippen LogP contribution < -0.4 is 0 Å². The van der Waals surface area contributed by atoms with E-state index in [1.807, 2.05) is 0 Å². The van der Waals surface area contributed by atoms with Crippen molar-refractivity contribution in [3.8, 4) is 0 Å². The van der Waals surface area contributed by atoms with E-state index in [-0.39, 0.29) is 11.4 Å². The highest BCUT2D eigenvalue weighted by atomic mass is 35.5. The first kappa shape index (κ1) is 11.9. The second-order valence-corrected chi connectivity index (χ2v) is 3.36. The van der Waals surface area contributed by atoms with E-state index in [0.29, 0.717) is 0 Å². The van der Waals surface area contributed by atoms with Crippen LogP contribution in [0.25, 0.3) is 0 Å². The number of halogens is 2. The first-order chi connectivity index (χ1) is 7.04. The van der Waals surface area contributed by atoms with Gasteiger partial charge in [0.25, 0.3) is 5.67 Å². The average molecular weight is 233 g/mol. The van der Waals surface area contributed by atoms with E-state index in [4.69, 9.17) is 21.8 Å². The fourth-order valence-corrected chi connectivity index (χ4v) is 1.32. The van der Waals surface area contributed by atoms with Gasteiger partial charge in [0.1, 0.15) is 0 Å². The summed E-state index contributed by atoms with van der Waals surface area (Å²) in [6, 6.07) is 5.66. The van der Waals surface area contributed by atoms with Crippen LogP contribution in [0.3, 0.4) is 0 Å². The topological polar surface area (TPSA) is 57.5 Å². The second kappa shape index (κ2) is 4.59. The lowest BCUT2D eigenvalue weighted by Gasteiger charge is -2.18. The smallest absolute Gasteiger partial charge is 0.348 e. The highest BCUT2D eigenvalue weighted by Gasteiger charge is 2.40. The van der Waals surface area contributed by atoms with Crippen LogP contribution in [0.4, 0.5) is 4.39 Å². The third-order valence-corrected chi connectivity index (χ3v) is 2.43. The summed E-state index contributed by atoms with van der Waals surface area (Å²) in [6.45, 7) is -1.09. The van der Waals surface area contributed by atoms with Crippen molar-refractivity contribution in [2.45, 2.75) is 11.5 Å². The van der Waals surface area contributed by atoms with Gasteiger partial charge in [-0.3, -0.25) is 0 Å². The number of hydrogen-bond acceptors (Lipinski definition) is 2. The van der Waals surface area contributed by atoms with Crippen LogP contribution in [0.5, 0.6) is 0 Å². The van der Waals surface area contributed by atoms with E-state index in [1.165, 1.54) is 24.3 Å². The Labute approximate surface area is 91.1 Å². The minimum atomic E-state index is -2.75. The molecule has 3 nitrogen and oxygen atoms in total. The number of benzene rings is 1. The zero-order valence-corrected chi connectivity index (χ0v) is 8.54. The zero-order chi connectivity index (χ0) is 11.5. The summed E-state index contributed by atoms with van der Waals surface area (Å²) in [5, 5.41) is 17.4. The Balaban J connectivity index is 3.08. The van der Waals surface area contributed by atoms with E-state index >= 15 is 0 Å². The quantitative estimate of drug-likeness (QED) is 0.777. The maximum Gasteiger partial charge on any atom is 0.348 e. The van der Waals surface area contributed by atoms with E-state index in [2.05, 4.69) is 0 Å². The molecule has 0 aliphatic carbocycles. The molecule has 1 rings (SSSR count). The minimum absolute atomic E-state index is 0.0913. The molecule has 0 bridgehead atoms. The molecule has 0 aliphatic heterocycles. The summed E-state index contributed by atoms with van der Waals surface area (Å²) in [4.78, 5) is 10.6. The van der Waals surface area contributed by atoms with Crippen molar-refractivity contribution in [1.29, 1.82) is 0 Å². The fraction of sp³-hybridized carbons (Fsp3) is 0.300. The van der Waals surface area contributed by atoms with Gasteiger partial charge in [0, 0.05) is 11.4 Å². The van der Waals surface area contributed by atoms with Crippen molar-refractivity contribution in [2.75, 3.05) is 6.61 Å². The average Bonchev–Trinajstić information content (AvgIpc) is 2.28. The van der Waals surface area contributed by atoms with Gasteiger partial charge in [0.15, 0.2) is 0 Å². The lowest BCUT2D eigenvalue weighted by Crippen LogP contribution is -2.34. The number of rotatable bonds is 4. The number of carboxylic acid groups (broad SMARTS) is 1. The van der Waals surface area contributed by atoms with Crippen molar-refractivity contribution < 1.29 is 19.4 Å². The SMILES string of the molecule is O=C(O)[C@](F)(CO)c1ccc(CCl)cc1. The first-order valence-electron chi connectivity index (χ1n) is 4.23. The number of hydrogen-bond donors (Lipinski definition) is 2. The number of aliphatic hydroxyl groups is 1. The monoisotopic (exact) mass is 232 g/mol. The molecule has 1 atom stereocenters. The normalized spacial score (nSPS) is 14.6. The Morgan fingerprint density at radius 2 is 1.93 bits per heavy atom. The van der Waals surface area contributed by atoms with Crippen molar-refractivity contribution >= 4 is 17.6 Å². The molecule has 0 aliphatic rings. The molecular formula is C10H10ClFO3. The highest BCUT2D eigenvalue weighted by molar-refractivity contribution is 6.17. The van der Waals surface area contributed by atoms with Gasteiger partial charge in [-0.1, -0.05) is 24.3 Å². The molecule has 82 valence electrons. The van der Waals surface area contributed by atoms with Gasteiger partial charge in [-0.25, -0.2) is 9.18 Å². The van der Waals surface area contributed by atoms with Crippen LogP contribution in [0.2, 0.25) is 0 Å². The molecule has 0 saturated carbocycles. The van der Waals surface area contributed by atoms with Crippen molar-refractivity contribution in [1.82, 2.24) is 0 Å². The molecule has 15 heavy (non-hydrogen) atoms. The Kier molecular flexibility index (Phi) is 3.66. The molecule has 0 amide bonds. The van der Waals surface area contributed by atoms with Gasteiger partial charge in [0.2, 0.25) is 0 Å². The van der Waals surface area contributed by atoms with Gasteiger partial charge >= 0.3 is 5.97 Å². The van der Waals surface area contributed by atoms with Crippen LogP contribution in [0, 0.1) is 0 Å². The molecule has 0 unspecified atom stereocenters. The number of aliphatic hydroxyl groups excluding tert-OH is 1. The van der Waals surface area contributed by atoms with E-state index < -0.39 is 18.2 Å². The zero-order valence-electron chi connectivity index (χ0n) is 7.78. The third-order valence-electron chi connectivity index (χ3n) is 2.12. The molecule has 0 spiro atoms. The van der Waals surface area contributed by atoms with Gasteiger partial charge in [-0.15, -0.1) is 11.6 Å². The predicted molar refractivity (Wildman–Crippen MR) is 53.5 cm³/mol. The Morgan fingerprint density at radius 3 is 2.27 bits per heavy atom. The molecular weight excluding hydrogens is 223 g/mol. The minimum Gasteiger partial charge on any atom is -0.479 e. The summed E-state index contributed by atoms with van der Waals surface area (Å²) in [5.41, 5.74) is -2.08. The van der Waals surface area contributed by atoms with E-state index in [1.54, 1.807) is 0 Å². The highest BCUT2D eigenvalue weighted by Crippen LogP contribution is 2.26. The van der Waals surface area contributed by atoms with Crippen LogP contribution in [-0.4, -0.2) is 22.8 Å². The number of aliphatic carboxylic acids is 1. The predicted octanol–water partition coefficient (Wildman–Crippen LogP) is 1.67. The molecule has 5 heteroatoms. The molecule has 0 fully saturated rings. The van der Waals surface area contributed by atoms with Gasteiger partial charge in [-0.2, -0.15) is 0 Å². The fourth-order valence-electron chi connectivity index (χ4n) is 1.14. The van der Waals surface area contributed by atoms with Gasteiger partial charge in [-0.05, 0) is 5.56 Å². The largest absolute Gasteiger partial charge is 0.479 e. The summed E-state index contributed by atoms with van der Waals surface area (Å²) in [6.07, 6.45) is 0. The lowest BCUT2D eigenvalue weighted by molar-refractivity contribution is -0.154. The summed E-state index contributed by atoms with van der Waals surface area (Å²) in [7, 11) is 0. The maximum absolute atomic E-state index is 13.7. The number of carboxylic acids is 1. The molecule has 1 aromatic rings. The molecule has 0 saturated heterocycles. The van der Waals surface area contributed by atoms with Crippen molar-refractivity contribution in [3.63, 3.8) is 0 Å². The summed E-state index contributed by atoms with van der Waals surface area (Å²) >= 11 is 5.53. The van der Waals surface area contributed by atoms with E-state index in [9.17, 15) is 9.18 Å². The van der Waals surface area contributed by atoms with Crippen molar-refractivity contribution in [2.24, 2.45) is 0 Å². The van der Waals surface area contributed by atoms with Crippen LogP contribution >= 0.6 is 11.6 Å². The third kappa shape index (κ3) is 2.27. The molecule has 0 radical (unpaired) electrons. The maximum atomic E-state index is 13.7. The molecule has 0 heterocycles. The van der Waals surface area contributed by atoms with Crippen molar-refractivity contribution in [3.05, 3.63) is 35.4 Å². The second-order valence-electron chi connectivity index (χ2n) is 3.09. The standard InChI is InChI=1S/C10H10ClFO3/c11-5-7-1-3-8(4-2-7)10(12,6-13)9(14)15/h1-4,13H,5-6H2,(H,14,15)/t10-/m0/s1. The lowest BCUT2D eigenvalue weighted by atomic mass is 9.96. The molecule has 0 aromatic heterocycles. The summed E-state index contributed by atoms with van der Waals surface area (Å²) in [5.74, 6) is -1.44. The Morgan fingerprint density at radius 1 is 1.40 bits per heavy atom. The Hall–Kier alpha value is -1.13. The molecule has 2 N–H and O–H groups in total. The summed E-state index contributed by atoms with van der Waals surface area (Å²) < 4.78 is 13.7. The Bertz CT molecular complexity index is 352. The first-order valence-corrected chi connectivity index (χ1v) is 4.76. The number of carbonyl (C=O) groups is 1. The molecule has 1 aromatic carbocycles. The van der Waals surface area contributed by atoms with Gasteiger partial charge < -0.3 is 10.2 Å². The van der Waals surface area contributed by atoms with Crippen LogP contribution in [-0.2, 0) is 16.3 Å². The van der Waals surface area contributed by atoms with Crippen LogP contribution in [0.15, 0.2) is 24.3 Å².